The molecule has 0 saturated heterocycles. The van der Waals surface area contributed by atoms with Crippen LogP contribution in [0.1, 0.15) is 22.3 Å². The van der Waals surface area contributed by atoms with Crippen LogP contribution in [0.15, 0.2) is 23.1 Å². The van der Waals surface area contributed by atoms with Gasteiger partial charge in [0, 0.05) is 27.5 Å². The number of hydrogen-bond acceptors (Lipinski definition) is 2. The molecule has 0 unspecified atom stereocenters. The number of carbonyl (C=O) groups is 1. The van der Waals surface area contributed by atoms with E-state index >= 15 is 0 Å². The summed E-state index contributed by atoms with van der Waals surface area (Å²) in [5.74, 6) is -0.0788. The van der Waals surface area contributed by atoms with E-state index in [2.05, 4.69) is 31.9 Å². The summed E-state index contributed by atoms with van der Waals surface area (Å²) >= 11 is 6.17. The van der Waals surface area contributed by atoms with Gasteiger partial charge in [0.2, 0.25) is 0 Å². The summed E-state index contributed by atoms with van der Waals surface area (Å²) in [5.41, 5.74) is -3.27. The van der Waals surface area contributed by atoms with Crippen LogP contribution in [-0.2, 0) is 5.33 Å². The third-order valence-corrected chi connectivity index (χ3v) is 3.80. The first-order valence-corrected chi connectivity index (χ1v) is 7.97. The van der Waals surface area contributed by atoms with Crippen molar-refractivity contribution in [2.24, 2.45) is 0 Å². The van der Waals surface area contributed by atoms with Crippen LogP contribution in [0.2, 0.25) is 0 Å². The molecule has 0 aliphatic carbocycles. The van der Waals surface area contributed by atoms with E-state index in [4.69, 9.17) is 0 Å². The molecular weight excluding hydrogens is 397 g/mol. The van der Waals surface area contributed by atoms with Gasteiger partial charge in [-0.05, 0) is 35.5 Å². The van der Waals surface area contributed by atoms with Gasteiger partial charge in [-0.25, -0.2) is 0 Å². The van der Waals surface area contributed by atoms with Crippen molar-refractivity contribution in [3.05, 3.63) is 29.3 Å². The molecule has 1 rings (SSSR count). The zero-order valence-electron chi connectivity index (χ0n) is 9.06. The molecule has 0 heterocycles. The number of rotatable bonds is 5. The van der Waals surface area contributed by atoms with Crippen molar-refractivity contribution >= 4 is 49.4 Å². The Labute approximate surface area is 124 Å². The minimum atomic E-state index is -4.31. The standard InChI is InChI=1S/C11H9Br2F3OS/c12-4-3-10(17)9-2-1-8(5-7(9)6-13)18-11(14,15)16/h1-2,5H,3-4,6H2. The Bertz CT molecular complexity index is 435. The lowest BCUT2D eigenvalue weighted by Crippen LogP contribution is -2.05. The van der Waals surface area contributed by atoms with Crippen LogP contribution < -0.4 is 0 Å². The predicted octanol–water partition coefficient (Wildman–Crippen LogP) is 5.16. The van der Waals surface area contributed by atoms with Crippen LogP contribution in [0.5, 0.6) is 0 Å². The number of thioether (sulfide) groups is 1. The zero-order chi connectivity index (χ0) is 13.8. The molecule has 0 bridgehead atoms. The van der Waals surface area contributed by atoms with Gasteiger partial charge in [0.1, 0.15) is 0 Å². The van der Waals surface area contributed by atoms with Crippen LogP contribution in [0.4, 0.5) is 13.2 Å². The average molecular weight is 406 g/mol. The summed E-state index contributed by atoms with van der Waals surface area (Å²) in [6.07, 6.45) is 0.325. The van der Waals surface area contributed by atoms with Crippen molar-refractivity contribution in [1.29, 1.82) is 0 Å². The minimum Gasteiger partial charge on any atom is -0.294 e. The molecule has 0 radical (unpaired) electrons. The molecule has 0 amide bonds. The quantitative estimate of drug-likeness (QED) is 0.382. The minimum absolute atomic E-state index is 0.0788. The fourth-order valence-corrected chi connectivity index (χ4v) is 2.80. The average Bonchev–Trinajstić information content (AvgIpc) is 2.27. The van der Waals surface area contributed by atoms with Crippen LogP contribution in [0, 0.1) is 0 Å². The fraction of sp³-hybridized carbons (Fsp3) is 0.364. The van der Waals surface area contributed by atoms with Crippen molar-refractivity contribution in [2.75, 3.05) is 5.33 Å². The highest BCUT2D eigenvalue weighted by molar-refractivity contribution is 9.09. The van der Waals surface area contributed by atoms with Gasteiger partial charge in [-0.2, -0.15) is 13.2 Å². The predicted molar refractivity (Wildman–Crippen MR) is 73.7 cm³/mol. The van der Waals surface area contributed by atoms with Crippen molar-refractivity contribution in [2.45, 2.75) is 22.2 Å². The smallest absolute Gasteiger partial charge is 0.294 e. The molecule has 0 saturated carbocycles. The third kappa shape index (κ3) is 4.93. The lowest BCUT2D eigenvalue weighted by atomic mass is 10.0. The molecule has 18 heavy (non-hydrogen) atoms. The Balaban J connectivity index is 3.00. The second kappa shape index (κ2) is 6.96. The first-order chi connectivity index (χ1) is 8.37. The first-order valence-electron chi connectivity index (χ1n) is 4.91. The normalized spacial score (nSPS) is 11.6. The van der Waals surface area contributed by atoms with E-state index < -0.39 is 5.51 Å². The monoisotopic (exact) mass is 404 g/mol. The molecular formula is C11H9Br2F3OS. The number of halogens is 5. The summed E-state index contributed by atoms with van der Waals surface area (Å²) < 4.78 is 36.7. The number of Topliss-reactive ketones (excluding diaryl/α,β-unsaturated/α-hetero) is 1. The number of benzene rings is 1. The van der Waals surface area contributed by atoms with Crippen LogP contribution in [0.3, 0.4) is 0 Å². The first kappa shape index (κ1) is 16.0. The van der Waals surface area contributed by atoms with Gasteiger partial charge in [0.05, 0.1) is 0 Å². The molecule has 7 heteroatoms. The summed E-state index contributed by atoms with van der Waals surface area (Å²) in [7, 11) is 0. The summed E-state index contributed by atoms with van der Waals surface area (Å²) in [6, 6.07) is 4.18. The van der Waals surface area contributed by atoms with E-state index in [9.17, 15) is 18.0 Å². The van der Waals surface area contributed by atoms with Crippen molar-refractivity contribution < 1.29 is 18.0 Å². The molecule has 1 aromatic rings. The van der Waals surface area contributed by atoms with Crippen LogP contribution in [0.25, 0.3) is 0 Å². The fourth-order valence-electron chi connectivity index (χ4n) is 1.37. The molecule has 0 fully saturated rings. The Morgan fingerprint density at radius 1 is 1.28 bits per heavy atom. The molecule has 0 aliphatic heterocycles. The molecule has 0 spiro atoms. The van der Waals surface area contributed by atoms with Gasteiger partial charge in [-0.15, -0.1) is 0 Å². The van der Waals surface area contributed by atoms with Crippen molar-refractivity contribution in [1.82, 2.24) is 0 Å². The molecule has 0 N–H and O–H groups in total. The Kier molecular flexibility index (Phi) is 6.20. The topological polar surface area (TPSA) is 17.1 Å². The van der Waals surface area contributed by atoms with Gasteiger partial charge in [0.25, 0.3) is 0 Å². The van der Waals surface area contributed by atoms with Crippen LogP contribution in [-0.4, -0.2) is 16.6 Å². The SMILES string of the molecule is O=C(CCBr)c1ccc(SC(F)(F)F)cc1CBr. The molecule has 1 aromatic carbocycles. The third-order valence-electron chi connectivity index (χ3n) is 2.08. The van der Waals surface area contributed by atoms with Crippen molar-refractivity contribution in [3.8, 4) is 0 Å². The second-order valence-corrected chi connectivity index (χ2v) is 5.85. The van der Waals surface area contributed by atoms with E-state index in [0.29, 0.717) is 28.2 Å². The number of ketones is 1. The van der Waals surface area contributed by atoms with E-state index in [-0.39, 0.29) is 22.4 Å². The summed E-state index contributed by atoms with van der Waals surface area (Å²) in [6.45, 7) is 0. The highest BCUT2D eigenvalue weighted by Crippen LogP contribution is 2.37. The Morgan fingerprint density at radius 3 is 2.44 bits per heavy atom. The number of alkyl halides is 5. The highest BCUT2D eigenvalue weighted by Gasteiger charge is 2.29. The maximum Gasteiger partial charge on any atom is 0.446 e. The van der Waals surface area contributed by atoms with Crippen molar-refractivity contribution in [3.63, 3.8) is 0 Å². The molecule has 100 valence electrons. The van der Waals surface area contributed by atoms with Gasteiger partial charge in [0.15, 0.2) is 5.78 Å². The maximum atomic E-state index is 12.2. The van der Waals surface area contributed by atoms with E-state index in [0.717, 1.165) is 0 Å². The summed E-state index contributed by atoms with van der Waals surface area (Å²) in [4.78, 5) is 11.8. The van der Waals surface area contributed by atoms with E-state index in [1.165, 1.54) is 18.2 Å². The molecule has 0 atom stereocenters. The Hall–Kier alpha value is -0.0100. The zero-order valence-corrected chi connectivity index (χ0v) is 13.0. The van der Waals surface area contributed by atoms with Gasteiger partial charge in [-0.1, -0.05) is 31.9 Å². The second-order valence-electron chi connectivity index (χ2n) is 3.36. The van der Waals surface area contributed by atoms with E-state index in [1.54, 1.807) is 0 Å². The van der Waals surface area contributed by atoms with Gasteiger partial charge >= 0.3 is 5.51 Å². The van der Waals surface area contributed by atoms with Gasteiger partial charge < -0.3 is 0 Å². The largest absolute Gasteiger partial charge is 0.446 e. The lowest BCUT2D eigenvalue weighted by molar-refractivity contribution is -0.0328. The van der Waals surface area contributed by atoms with E-state index in [1.807, 2.05) is 0 Å². The highest BCUT2D eigenvalue weighted by atomic mass is 79.9. The summed E-state index contributed by atoms with van der Waals surface area (Å²) in [5, 5.41) is 0.884. The molecule has 0 aromatic heterocycles. The number of hydrogen-bond donors (Lipinski definition) is 0. The maximum absolute atomic E-state index is 12.2. The Morgan fingerprint density at radius 2 is 1.94 bits per heavy atom. The molecule has 1 nitrogen and oxygen atoms in total. The molecule has 0 aliphatic rings. The van der Waals surface area contributed by atoms with Crippen LogP contribution >= 0.6 is 43.6 Å². The number of carbonyl (C=O) groups excluding carboxylic acids is 1. The van der Waals surface area contributed by atoms with Gasteiger partial charge in [-0.3, -0.25) is 4.79 Å². The lowest BCUT2D eigenvalue weighted by Gasteiger charge is -2.10.